The number of ether oxygens (including phenoxy) is 1. The molecule has 0 N–H and O–H groups in total. The van der Waals surface area contributed by atoms with E-state index in [1.165, 1.54) is 15.4 Å². The van der Waals surface area contributed by atoms with Gasteiger partial charge in [0.15, 0.2) is 0 Å². The third-order valence-corrected chi connectivity index (χ3v) is 6.44. The molecule has 1 aliphatic rings. The van der Waals surface area contributed by atoms with Crippen molar-refractivity contribution in [1.82, 2.24) is 9.55 Å². The van der Waals surface area contributed by atoms with Gasteiger partial charge in [0.1, 0.15) is 5.82 Å². The van der Waals surface area contributed by atoms with E-state index in [1.54, 1.807) is 11.8 Å². The number of hydrogen-bond donors (Lipinski definition) is 0. The first-order valence-corrected chi connectivity index (χ1v) is 10.3. The minimum Gasteiger partial charge on any atom is -0.381 e. The fraction of sp³-hybridized carbons (Fsp3) is 0.318. The zero-order valence-corrected chi connectivity index (χ0v) is 16.7. The summed E-state index contributed by atoms with van der Waals surface area (Å²) in [6, 6.07) is 17.0. The Morgan fingerprint density at radius 2 is 1.93 bits per heavy atom. The molecule has 0 amide bonds. The normalized spacial score (nSPS) is 16.0. The van der Waals surface area contributed by atoms with Gasteiger partial charge in [0.05, 0.1) is 6.54 Å². The van der Waals surface area contributed by atoms with Gasteiger partial charge in [0.2, 0.25) is 0 Å². The quantitative estimate of drug-likeness (QED) is 0.544. The molecule has 144 valence electrons. The highest BCUT2D eigenvalue weighted by Gasteiger charge is 2.35. The molecule has 0 unspecified atom stereocenters. The first kappa shape index (κ1) is 18.9. The molecule has 1 aromatic heterocycles. The van der Waals surface area contributed by atoms with Gasteiger partial charge < -0.3 is 9.30 Å². The molecule has 2 heterocycles. The summed E-state index contributed by atoms with van der Waals surface area (Å²) in [7, 11) is 0. The molecule has 1 aliphatic heterocycles. The Balaban J connectivity index is 1.55. The minimum absolute atomic E-state index is 0.195. The highest BCUT2D eigenvalue weighted by molar-refractivity contribution is 7.99. The second-order valence-electron chi connectivity index (χ2n) is 7.15. The molecular formula is C22H23N3O2S. The van der Waals surface area contributed by atoms with Crippen LogP contribution >= 0.6 is 11.8 Å². The molecule has 5 nitrogen and oxygen atoms in total. The lowest BCUT2D eigenvalue weighted by Gasteiger charge is -2.35. The van der Waals surface area contributed by atoms with Crippen LogP contribution in [0.2, 0.25) is 0 Å². The average molecular weight is 394 g/mol. The monoisotopic (exact) mass is 393 g/mol. The Morgan fingerprint density at radius 1 is 1.14 bits per heavy atom. The van der Waals surface area contributed by atoms with Crippen molar-refractivity contribution >= 4 is 11.8 Å². The smallest absolute Gasteiger partial charge is 0.110 e. The van der Waals surface area contributed by atoms with Gasteiger partial charge >= 0.3 is 0 Å². The van der Waals surface area contributed by atoms with Crippen molar-refractivity contribution in [2.24, 2.45) is 5.18 Å². The van der Waals surface area contributed by atoms with Crippen molar-refractivity contribution in [2.45, 2.75) is 35.0 Å². The third-order valence-electron chi connectivity index (χ3n) is 5.44. The molecule has 0 aliphatic carbocycles. The van der Waals surface area contributed by atoms with Gasteiger partial charge in [-0.15, -0.1) is 0 Å². The number of nitroso groups, excluding NO2 is 1. The van der Waals surface area contributed by atoms with E-state index >= 15 is 0 Å². The van der Waals surface area contributed by atoms with Gasteiger partial charge in [-0.3, -0.25) is 0 Å². The average Bonchev–Trinajstić information content (AvgIpc) is 3.16. The SMILES string of the molecule is Cc1nccn1-c1ccc(Sc2cccc(C3(CN=O)CCOCC3)c2)cc1. The predicted octanol–water partition coefficient (Wildman–Crippen LogP) is 5.15. The molecule has 0 radical (unpaired) electrons. The molecule has 6 heteroatoms. The Bertz CT molecular complexity index is 946. The van der Waals surface area contributed by atoms with Crippen molar-refractivity contribution in [1.29, 1.82) is 0 Å². The maximum Gasteiger partial charge on any atom is 0.110 e. The number of imidazole rings is 1. The summed E-state index contributed by atoms with van der Waals surface area (Å²) in [5, 5.41) is 3.24. The number of aromatic nitrogens is 2. The minimum atomic E-state index is -0.195. The Labute approximate surface area is 169 Å². The van der Waals surface area contributed by atoms with Gasteiger partial charge in [0.25, 0.3) is 0 Å². The van der Waals surface area contributed by atoms with E-state index in [0.29, 0.717) is 19.8 Å². The second-order valence-corrected chi connectivity index (χ2v) is 8.30. The van der Waals surface area contributed by atoms with E-state index in [1.807, 2.05) is 19.3 Å². The van der Waals surface area contributed by atoms with Crippen LogP contribution in [-0.4, -0.2) is 29.3 Å². The van der Waals surface area contributed by atoms with Crippen LogP contribution in [0.25, 0.3) is 5.69 Å². The molecule has 0 saturated carbocycles. The molecule has 3 aromatic rings. The Hall–Kier alpha value is -2.44. The molecule has 0 bridgehead atoms. The van der Waals surface area contributed by atoms with Crippen LogP contribution in [-0.2, 0) is 10.2 Å². The molecule has 0 atom stereocenters. The third kappa shape index (κ3) is 3.88. The molecule has 28 heavy (non-hydrogen) atoms. The fourth-order valence-electron chi connectivity index (χ4n) is 3.77. The summed E-state index contributed by atoms with van der Waals surface area (Å²) in [5.74, 6) is 0.971. The Morgan fingerprint density at radius 3 is 2.61 bits per heavy atom. The molecule has 4 rings (SSSR count). The summed E-state index contributed by atoms with van der Waals surface area (Å²) in [5.41, 5.74) is 2.09. The number of aryl methyl sites for hydroxylation is 1. The van der Waals surface area contributed by atoms with E-state index < -0.39 is 0 Å². The van der Waals surface area contributed by atoms with E-state index in [-0.39, 0.29) is 5.41 Å². The van der Waals surface area contributed by atoms with Crippen LogP contribution in [0.3, 0.4) is 0 Å². The maximum atomic E-state index is 11.1. The summed E-state index contributed by atoms with van der Waals surface area (Å²) >= 11 is 1.73. The highest BCUT2D eigenvalue weighted by atomic mass is 32.2. The van der Waals surface area contributed by atoms with E-state index in [9.17, 15) is 4.91 Å². The van der Waals surface area contributed by atoms with Gasteiger partial charge in [-0.25, -0.2) is 4.98 Å². The number of benzene rings is 2. The van der Waals surface area contributed by atoms with Crippen LogP contribution < -0.4 is 0 Å². The summed E-state index contributed by atoms with van der Waals surface area (Å²) in [6.07, 6.45) is 5.46. The zero-order chi connectivity index (χ0) is 19.4. The zero-order valence-electron chi connectivity index (χ0n) is 15.9. The second kappa shape index (κ2) is 8.29. The first-order chi connectivity index (χ1) is 13.7. The standard InChI is InChI=1S/C22H23N3O2S/c1-17-23-11-12-25(17)19-5-7-20(8-6-19)28-21-4-2-3-18(15-21)22(16-24-26)9-13-27-14-10-22/h2-8,11-12,15H,9-10,13-14,16H2,1H3. The van der Waals surface area contributed by atoms with Gasteiger partial charge in [-0.1, -0.05) is 29.1 Å². The summed E-state index contributed by atoms with van der Waals surface area (Å²) in [4.78, 5) is 17.7. The van der Waals surface area contributed by atoms with Crippen molar-refractivity contribution in [2.75, 3.05) is 19.8 Å². The van der Waals surface area contributed by atoms with E-state index in [0.717, 1.165) is 24.4 Å². The molecule has 2 aromatic carbocycles. The largest absolute Gasteiger partial charge is 0.381 e. The lowest BCUT2D eigenvalue weighted by molar-refractivity contribution is 0.0529. The van der Waals surface area contributed by atoms with Crippen LogP contribution in [0.1, 0.15) is 24.2 Å². The van der Waals surface area contributed by atoms with Gasteiger partial charge in [0, 0.05) is 46.5 Å². The van der Waals surface area contributed by atoms with Crippen LogP contribution in [0.4, 0.5) is 0 Å². The fourth-order valence-corrected chi connectivity index (χ4v) is 4.65. The molecule has 1 saturated heterocycles. The summed E-state index contributed by atoms with van der Waals surface area (Å²) in [6.45, 7) is 3.67. The van der Waals surface area contributed by atoms with Crippen LogP contribution in [0, 0.1) is 11.8 Å². The molecular weight excluding hydrogens is 370 g/mol. The topological polar surface area (TPSA) is 56.5 Å². The number of rotatable bonds is 6. The number of hydrogen-bond acceptors (Lipinski definition) is 5. The van der Waals surface area contributed by atoms with Gasteiger partial charge in [-0.2, -0.15) is 4.91 Å². The van der Waals surface area contributed by atoms with Crippen molar-refractivity contribution < 1.29 is 4.74 Å². The van der Waals surface area contributed by atoms with Crippen LogP contribution in [0.15, 0.2) is 75.9 Å². The maximum absolute atomic E-state index is 11.1. The first-order valence-electron chi connectivity index (χ1n) is 9.46. The molecule has 0 spiro atoms. The lowest BCUT2D eigenvalue weighted by Crippen LogP contribution is -2.36. The van der Waals surface area contributed by atoms with Crippen molar-refractivity contribution in [3.63, 3.8) is 0 Å². The Kier molecular flexibility index (Phi) is 5.59. The number of nitrogens with zero attached hydrogens (tertiary/aromatic N) is 3. The van der Waals surface area contributed by atoms with Crippen molar-refractivity contribution in [3.8, 4) is 5.69 Å². The molecule has 1 fully saturated rings. The van der Waals surface area contributed by atoms with Crippen LogP contribution in [0.5, 0.6) is 0 Å². The van der Waals surface area contributed by atoms with Crippen molar-refractivity contribution in [3.05, 3.63) is 77.2 Å². The van der Waals surface area contributed by atoms with Gasteiger partial charge in [-0.05, 0) is 61.7 Å². The van der Waals surface area contributed by atoms with E-state index in [2.05, 4.69) is 63.3 Å². The van der Waals surface area contributed by atoms with E-state index in [4.69, 9.17) is 4.74 Å². The predicted molar refractivity (Wildman–Crippen MR) is 111 cm³/mol. The summed E-state index contributed by atoms with van der Waals surface area (Å²) < 4.78 is 7.58. The lowest BCUT2D eigenvalue weighted by atomic mass is 9.74. The highest BCUT2D eigenvalue weighted by Crippen LogP contribution is 2.38.